The number of hydrogen-bond donors (Lipinski definition) is 3. The quantitative estimate of drug-likeness (QED) is 0.736. The second-order valence-electron chi connectivity index (χ2n) is 5.92. The molecule has 2 amide bonds. The molecule has 2 rings (SSSR count). The van der Waals surface area contributed by atoms with Gasteiger partial charge in [0.25, 0.3) is 11.8 Å². The number of benzene rings is 1. The second-order valence-corrected chi connectivity index (χ2v) is 5.92. The van der Waals surface area contributed by atoms with Crippen molar-refractivity contribution in [1.29, 1.82) is 0 Å². The lowest BCUT2D eigenvalue weighted by atomic mass is 9.97. The van der Waals surface area contributed by atoms with Crippen LogP contribution in [0.1, 0.15) is 30.6 Å². The van der Waals surface area contributed by atoms with Crippen LogP contribution in [0.2, 0.25) is 0 Å². The molecule has 1 aromatic rings. The summed E-state index contributed by atoms with van der Waals surface area (Å²) in [5, 5.41) is 14.5. The predicted molar refractivity (Wildman–Crippen MR) is 83.5 cm³/mol. The molecule has 7 nitrogen and oxygen atoms in total. The van der Waals surface area contributed by atoms with E-state index in [2.05, 4.69) is 10.6 Å². The molecule has 0 spiro atoms. The minimum Gasteiger partial charge on any atom is -0.482 e. The molecule has 0 aliphatic carbocycles. The summed E-state index contributed by atoms with van der Waals surface area (Å²) in [6.45, 7) is 3.86. The molecule has 124 valence electrons. The Labute approximate surface area is 134 Å². The molecule has 1 aliphatic heterocycles. The van der Waals surface area contributed by atoms with Gasteiger partial charge in [0.1, 0.15) is 5.75 Å². The van der Waals surface area contributed by atoms with Crippen molar-refractivity contribution in [3.05, 3.63) is 23.8 Å². The summed E-state index contributed by atoms with van der Waals surface area (Å²) >= 11 is 0. The van der Waals surface area contributed by atoms with E-state index in [0.29, 0.717) is 23.4 Å². The minimum absolute atomic E-state index is 0.0705. The third kappa shape index (κ3) is 4.45. The molecule has 0 saturated carbocycles. The first-order chi connectivity index (χ1) is 10.9. The number of ether oxygens (including phenoxy) is 1. The summed E-state index contributed by atoms with van der Waals surface area (Å²) in [5.74, 6) is -1.50. The largest absolute Gasteiger partial charge is 0.482 e. The summed E-state index contributed by atoms with van der Waals surface area (Å²) in [6, 6.07) is 4.67. The normalized spacial score (nSPS) is 14.5. The molecule has 1 unspecified atom stereocenters. The van der Waals surface area contributed by atoms with Crippen LogP contribution in [0, 0.1) is 11.8 Å². The molecule has 0 bridgehead atoms. The van der Waals surface area contributed by atoms with E-state index < -0.39 is 11.9 Å². The highest BCUT2D eigenvalue weighted by Gasteiger charge is 2.21. The van der Waals surface area contributed by atoms with E-state index in [-0.39, 0.29) is 30.9 Å². The maximum Gasteiger partial charge on any atom is 0.308 e. The van der Waals surface area contributed by atoms with Crippen molar-refractivity contribution in [3.8, 4) is 5.75 Å². The molecule has 1 aromatic carbocycles. The van der Waals surface area contributed by atoms with Gasteiger partial charge >= 0.3 is 5.97 Å². The summed E-state index contributed by atoms with van der Waals surface area (Å²) in [7, 11) is 0. The van der Waals surface area contributed by atoms with Crippen molar-refractivity contribution in [3.63, 3.8) is 0 Å². The van der Waals surface area contributed by atoms with E-state index in [4.69, 9.17) is 4.74 Å². The summed E-state index contributed by atoms with van der Waals surface area (Å²) in [6.07, 6.45) is 0.495. The minimum atomic E-state index is -0.921. The Morgan fingerprint density at radius 3 is 2.78 bits per heavy atom. The number of carbonyl (C=O) groups is 3. The van der Waals surface area contributed by atoms with Crippen LogP contribution >= 0.6 is 0 Å². The zero-order valence-corrected chi connectivity index (χ0v) is 13.1. The fraction of sp³-hybridized carbons (Fsp3) is 0.438. The lowest BCUT2D eigenvalue weighted by molar-refractivity contribution is -0.142. The van der Waals surface area contributed by atoms with Gasteiger partial charge in [0.05, 0.1) is 11.6 Å². The van der Waals surface area contributed by atoms with Crippen LogP contribution in [-0.2, 0) is 9.59 Å². The van der Waals surface area contributed by atoms with Crippen molar-refractivity contribution >= 4 is 23.5 Å². The van der Waals surface area contributed by atoms with Gasteiger partial charge < -0.3 is 20.5 Å². The molecule has 0 aromatic heterocycles. The molecule has 1 heterocycles. The van der Waals surface area contributed by atoms with E-state index in [9.17, 15) is 19.5 Å². The Balaban J connectivity index is 2.00. The number of amides is 2. The summed E-state index contributed by atoms with van der Waals surface area (Å²) in [5.41, 5.74) is 0.870. The maximum atomic E-state index is 12.2. The number of carboxylic acid groups (broad SMARTS) is 1. The molecule has 0 radical (unpaired) electrons. The Kier molecular flexibility index (Phi) is 5.20. The number of hydrogen-bond acceptors (Lipinski definition) is 4. The molecule has 0 fully saturated rings. The lowest BCUT2D eigenvalue weighted by Crippen LogP contribution is -2.33. The molecule has 23 heavy (non-hydrogen) atoms. The molecule has 7 heteroatoms. The second kappa shape index (κ2) is 7.13. The van der Waals surface area contributed by atoms with Gasteiger partial charge in [0.15, 0.2) is 6.61 Å². The van der Waals surface area contributed by atoms with E-state index >= 15 is 0 Å². The predicted octanol–water partition coefficient (Wildman–Crippen LogP) is 1.49. The van der Waals surface area contributed by atoms with E-state index in [1.807, 2.05) is 13.8 Å². The Morgan fingerprint density at radius 2 is 2.13 bits per heavy atom. The fourth-order valence-electron chi connectivity index (χ4n) is 2.37. The van der Waals surface area contributed by atoms with Gasteiger partial charge in [-0.1, -0.05) is 13.8 Å². The lowest BCUT2D eigenvalue weighted by Gasteiger charge is -2.19. The van der Waals surface area contributed by atoms with Gasteiger partial charge in [-0.05, 0) is 30.5 Å². The highest BCUT2D eigenvalue weighted by molar-refractivity contribution is 5.99. The van der Waals surface area contributed by atoms with Crippen LogP contribution in [0.25, 0.3) is 0 Å². The van der Waals surface area contributed by atoms with Crippen molar-refractivity contribution < 1.29 is 24.2 Å². The molecular formula is C16H20N2O5. The van der Waals surface area contributed by atoms with Crippen molar-refractivity contribution in [1.82, 2.24) is 5.32 Å². The van der Waals surface area contributed by atoms with Crippen molar-refractivity contribution in [2.75, 3.05) is 18.5 Å². The third-order valence-corrected chi connectivity index (χ3v) is 3.49. The molecule has 0 saturated heterocycles. The number of anilines is 1. The maximum absolute atomic E-state index is 12.2. The summed E-state index contributed by atoms with van der Waals surface area (Å²) in [4.78, 5) is 34.6. The monoisotopic (exact) mass is 320 g/mol. The number of rotatable bonds is 6. The van der Waals surface area contributed by atoms with Crippen LogP contribution in [0.5, 0.6) is 5.75 Å². The zero-order chi connectivity index (χ0) is 17.0. The van der Waals surface area contributed by atoms with Gasteiger partial charge in [-0.25, -0.2) is 0 Å². The molecule has 3 N–H and O–H groups in total. The fourth-order valence-corrected chi connectivity index (χ4v) is 2.37. The highest BCUT2D eigenvalue weighted by Crippen LogP contribution is 2.28. The number of carbonyl (C=O) groups excluding carboxylic acids is 2. The average Bonchev–Trinajstić information content (AvgIpc) is 2.49. The Morgan fingerprint density at radius 1 is 1.39 bits per heavy atom. The van der Waals surface area contributed by atoms with Crippen LogP contribution in [0.3, 0.4) is 0 Å². The number of aliphatic carboxylic acids is 1. The number of fused-ring (bicyclic) bond motifs is 1. The SMILES string of the molecule is CC(C)CC(CNC(=O)c1ccc2c(c1)OCC(=O)N2)C(=O)O. The Bertz CT molecular complexity index is 627. The van der Waals surface area contributed by atoms with Crippen LogP contribution in [-0.4, -0.2) is 36.0 Å². The average molecular weight is 320 g/mol. The highest BCUT2D eigenvalue weighted by atomic mass is 16.5. The van der Waals surface area contributed by atoms with Gasteiger partial charge in [-0.3, -0.25) is 14.4 Å². The standard InChI is InChI=1S/C16H20N2O5/c1-9(2)5-11(16(21)22)7-17-15(20)10-3-4-12-13(6-10)23-8-14(19)18-12/h3-4,6,9,11H,5,7-8H2,1-2H3,(H,17,20)(H,18,19)(H,21,22). The summed E-state index contributed by atoms with van der Waals surface area (Å²) < 4.78 is 5.26. The van der Waals surface area contributed by atoms with Crippen LogP contribution < -0.4 is 15.4 Å². The van der Waals surface area contributed by atoms with E-state index in [1.54, 1.807) is 12.1 Å². The first-order valence-electron chi connectivity index (χ1n) is 7.44. The van der Waals surface area contributed by atoms with E-state index in [0.717, 1.165) is 0 Å². The van der Waals surface area contributed by atoms with Crippen LogP contribution in [0.15, 0.2) is 18.2 Å². The Hall–Kier alpha value is -2.57. The zero-order valence-electron chi connectivity index (χ0n) is 13.1. The topological polar surface area (TPSA) is 105 Å². The first-order valence-corrected chi connectivity index (χ1v) is 7.44. The van der Waals surface area contributed by atoms with E-state index in [1.165, 1.54) is 6.07 Å². The van der Waals surface area contributed by atoms with Crippen molar-refractivity contribution in [2.45, 2.75) is 20.3 Å². The van der Waals surface area contributed by atoms with Gasteiger partial charge in [-0.2, -0.15) is 0 Å². The molecule has 1 aliphatic rings. The number of nitrogens with one attached hydrogen (secondary N) is 2. The van der Waals surface area contributed by atoms with Gasteiger partial charge in [0.2, 0.25) is 0 Å². The number of carboxylic acids is 1. The van der Waals surface area contributed by atoms with Gasteiger partial charge in [-0.15, -0.1) is 0 Å². The van der Waals surface area contributed by atoms with Gasteiger partial charge in [0, 0.05) is 12.1 Å². The third-order valence-electron chi connectivity index (χ3n) is 3.49. The smallest absolute Gasteiger partial charge is 0.308 e. The molecular weight excluding hydrogens is 300 g/mol. The molecule has 1 atom stereocenters. The first kappa shape index (κ1) is 16.8. The van der Waals surface area contributed by atoms with Crippen molar-refractivity contribution in [2.24, 2.45) is 11.8 Å². The van der Waals surface area contributed by atoms with Crippen LogP contribution in [0.4, 0.5) is 5.69 Å².